The number of nitrogens with one attached hydrogen (secondary N) is 1. The van der Waals surface area contributed by atoms with E-state index in [1.165, 1.54) is 29.4 Å². The molecule has 0 saturated carbocycles. The zero-order valence-corrected chi connectivity index (χ0v) is 50.2. The van der Waals surface area contributed by atoms with Gasteiger partial charge in [-0.3, -0.25) is 38.4 Å². The first kappa shape index (κ1) is 67.1. The summed E-state index contributed by atoms with van der Waals surface area (Å²) in [4.78, 5) is 125. The Morgan fingerprint density at radius 3 is 1.02 bits per heavy atom. The zero-order chi connectivity index (χ0) is 60.5. The highest BCUT2D eigenvalue weighted by Gasteiger charge is 2.36. The largest absolute Gasteiger partial charge is 0.368 e. The molecule has 0 unspecified atom stereocenters. The molecular formula is C64H92N10O8. The lowest BCUT2D eigenvalue weighted by atomic mass is 10.0. The van der Waals surface area contributed by atoms with E-state index in [1.807, 2.05) is 184 Å². The molecular weight excluding hydrogens is 1040 g/mol. The van der Waals surface area contributed by atoms with Gasteiger partial charge >= 0.3 is 0 Å². The maximum atomic E-state index is 15.3. The number of hydrogen-bond acceptors (Lipinski definition) is 10. The van der Waals surface area contributed by atoms with Gasteiger partial charge in [-0.25, -0.2) is 0 Å². The minimum Gasteiger partial charge on any atom is -0.368 e. The van der Waals surface area contributed by atoms with E-state index in [-0.39, 0.29) is 44.7 Å². The molecule has 0 heterocycles. The molecule has 18 nitrogen and oxygen atoms in total. The van der Waals surface area contributed by atoms with E-state index in [0.717, 1.165) is 28.7 Å². The number of benzene rings is 4. The summed E-state index contributed by atoms with van der Waals surface area (Å²) in [7, 11) is 0. The van der Waals surface area contributed by atoms with Crippen LogP contribution in [0.3, 0.4) is 0 Å². The molecule has 0 spiro atoms. The van der Waals surface area contributed by atoms with Crippen LogP contribution in [-0.2, 0) is 38.4 Å². The summed E-state index contributed by atoms with van der Waals surface area (Å²) < 4.78 is 0. The van der Waals surface area contributed by atoms with Gasteiger partial charge in [0.25, 0.3) is 0 Å². The lowest BCUT2D eigenvalue weighted by Gasteiger charge is -2.38. The van der Waals surface area contributed by atoms with Crippen molar-refractivity contribution in [1.29, 1.82) is 0 Å². The van der Waals surface area contributed by atoms with Gasteiger partial charge < -0.3 is 51.1 Å². The molecule has 82 heavy (non-hydrogen) atoms. The fraction of sp³-hybridized carbons (Fsp3) is 0.500. The van der Waals surface area contributed by atoms with Crippen LogP contribution >= 0.6 is 0 Å². The minimum absolute atomic E-state index is 0.000907. The fourth-order valence-electron chi connectivity index (χ4n) is 9.69. The van der Waals surface area contributed by atoms with Gasteiger partial charge in [0.1, 0.15) is 32.7 Å². The molecule has 0 aliphatic heterocycles. The van der Waals surface area contributed by atoms with Gasteiger partial charge in [0, 0.05) is 24.7 Å². The highest BCUT2D eigenvalue weighted by molar-refractivity contribution is 5.94. The molecule has 0 aromatic heterocycles. The van der Waals surface area contributed by atoms with Crippen LogP contribution in [0.2, 0.25) is 0 Å². The van der Waals surface area contributed by atoms with Crippen molar-refractivity contribution in [2.24, 2.45) is 11.5 Å². The summed E-state index contributed by atoms with van der Waals surface area (Å²) in [6.07, 6.45) is 2.72. The van der Waals surface area contributed by atoms with Crippen LogP contribution in [-0.4, -0.2) is 165 Å². The normalized spacial score (nSPS) is 13.7. The lowest BCUT2D eigenvalue weighted by molar-refractivity contribution is -0.151. The third-order valence-electron chi connectivity index (χ3n) is 15.8. The second-order valence-electron chi connectivity index (χ2n) is 21.5. The van der Waals surface area contributed by atoms with E-state index < -0.39 is 104 Å². The molecule has 8 amide bonds. The summed E-state index contributed by atoms with van der Waals surface area (Å²) in [6.45, 7) is 16.3. The Kier molecular flexibility index (Phi) is 27.9. The van der Waals surface area contributed by atoms with E-state index in [0.29, 0.717) is 32.2 Å². The molecule has 0 bridgehead atoms. The number of unbranched alkanes of at least 4 members (excludes halogenated alkanes) is 1. The Morgan fingerprint density at radius 2 is 0.695 bits per heavy atom. The first-order chi connectivity index (χ1) is 39.2. The van der Waals surface area contributed by atoms with Crippen LogP contribution in [0.25, 0.3) is 0 Å². The summed E-state index contributed by atoms with van der Waals surface area (Å²) in [5, 5.41) is 3.27. The van der Waals surface area contributed by atoms with Gasteiger partial charge in [0.2, 0.25) is 47.3 Å². The number of amides is 8. The van der Waals surface area contributed by atoms with Gasteiger partial charge in [0.15, 0.2) is 0 Å². The van der Waals surface area contributed by atoms with E-state index >= 15 is 14.4 Å². The average molecular weight is 1130 g/mol. The molecule has 0 fully saturated rings. The maximum absolute atomic E-state index is 15.3. The topological polar surface area (TPSA) is 223 Å². The third-order valence-corrected chi connectivity index (χ3v) is 15.8. The Labute approximate surface area is 487 Å². The maximum Gasteiger partial charge on any atom is 0.243 e. The van der Waals surface area contributed by atoms with Crippen LogP contribution in [0.1, 0.15) is 148 Å². The van der Waals surface area contributed by atoms with Crippen LogP contribution in [0, 0.1) is 0 Å². The van der Waals surface area contributed by atoms with Crippen molar-refractivity contribution in [3.63, 3.8) is 0 Å². The standard InChI is InChI=1S/C64H92N10O8/c1-11-46(4)67-38-58(76)72(50(8)54-30-20-15-21-31-54)44-63(81)74(52(10)56-34-24-17-25-35-56)45-64(82)73(51(9)55-32-22-16-23-33-55)43-61(79)69(47(5)12-2)41-59(77)68(37-27-26-36-65)40-60(78)70(48(6)13-3)42-62(80)71(39-57(66)75)49(7)53-28-18-14-19-29-53/h14-25,28-35,46-52,67H,11-13,26-27,36-45,65H2,1-10H3,(H2,66,75)/t46-,47-,48-,49-,50-,51-,52-/m0/s1. The lowest BCUT2D eigenvalue weighted by Crippen LogP contribution is -2.55. The summed E-state index contributed by atoms with van der Waals surface area (Å²) >= 11 is 0. The van der Waals surface area contributed by atoms with Crippen molar-refractivity contribution in [1.82, 2.24) is 39.6 Å². The second-order valence-corrected chi connectivity index (χ2v) is 21.5. The molecule has 4 aromatic rings. The van der Waals surface area contributed by atoms with Crippen LogP contribution in [0.15, 0.2) is 121 Å². The molecule has 4 rings (SSSR count). The number of carbonyl (C=O) groups is 8. The number of rotatable bonds is 34. The molecule has 0 radical (unpaired) electrons. The highest BCUT2D eigenvalue weighted by Crippen LogP contribution is 2.27. The predicted molar refractivity (Wildman–Crippen MR) is 321 cm³/mol. The quantitative estimate of drug-likeness (QED) is 0.0405. The van der Waals surface area contributed by atoms with Crippen LogP contribution in [0.5, 0.6) is 0 Å². The number of nitrogens with zero attached hydrogens (tertiary/aromatic N) is 7. The molecule has 7 atom stereocenters. The molecule has 446 valence electrons. The summed E-state index contributed by atoms with van der Waals surface area (Å²) in [6, 6.07) is 33.9. The van der Waals surface area contributed by atoms with E-state index in [4.69, 9.17) is 11.5 Å². The fourth-order valence-corrected chi connectivity index (χ4v) is 9.69. The first-order valence-corrected chi connectivity index (χ1v) is 29.1. The Morgan fingerprint density at radius 1 is 0.390 bits per heavy atom. The first-order valence-electron chi connectivity index (χ1n) is 29.1. The van der Waals surface area contributed by atoms with Gasteiger partial charge in [0.05, 0.1) is 43.8 Å². The van der Waals surface area contributed by atoms with E-state index in [9.17, 15) is 24.0 Å². The number of primary amides is 1. The molecule has 5 N–H and O–H groups in total. The van der Waals surface area contributed by atoms with Gasteiger partial charge in [-0.15, -0.1) is 0 Å². The van der Waals surface area contributed by atoms with Crippen LogP contribution in [0.4, 0.5) is 0 Å². The summed E-state index contributed by atoms with van der Waals surface area (Å²) in [5.41, 5.74) is 14.6. The van der Waals surface area contributed by atoms with Gasteiger partial charge in [-0.05, 0) is 109 Å². The van der Waals surface area contributed by atoms with Crippen molar-refractivity contribution in [2.75, 3.05) is 65.4 Å². The average Bonchev–Trinajstić information content (AvgIpc) is 3.70. The Hall–Kier alpha value is -7.44. The van der Waals surface area contributed by atoms with Crippen molar-refractivity contribution in [3.05, 3.63) is 144 Å². The molecule has 0 aliphatic carbocycles. The smallest absolute Gasteiger partial charge is 0.243 e. The second kappa shape index (κ2) is 34.1. The Balaban J connectivity index is 1.70. The number of carbonyl (C=O) groups excluding carboxylic acids is 8. The molecule has 4 aromatic carbocycles. The van der Waals surface area contributed by atoms with E-state index in [1.54, 1.807) is 11.8 Å². The predicted octanol–water partition coefficient (Wildman–Crippen LogP) is 7.04. The monoisotopic (exact) mass is 1130 g/mol. The molecule has 18 heteroatoms. The molecule has 0 aliphatic rings. The van der Waals surface area contributed by atoms with Crippen molar-refractivity contribution in [3.8, 4) is 0 Å². The number of nitrogens with two attached hydrogens (primary N) is 2. The highest BCUT2D eigenvalue weighted by atomic mass is 16.2. The van der Waals surface area contributed by atoms with Gasteiger partial charge in [-0.2, -0.15) is 0 Å². The van der Waals surface area contributed by atoms with Crippen molar-refractivity contribution >= 4 is 47.3 Å². The SMILES string of the molecule is CC[C@H](C)NCC(=O)N(CC(=O)N(CC(=O)N(CC(=O)N(CC(=O)N(CCCCN)CC(=O)N(CC(=O)N(CC(N)=O)[C@@H](C)c1ccccc1)[C@@H](C)CC)[C@@H](C)CC)[C@@H](C)c1ccccc1)[C@@H](C)c1ccccc1)[C@@H](C)c1ccccc1. The minimum atomic E-state index is -0.710. The van der Waals surface area contributed by atoms with Crippen molar-refractivity contribution < 1.29 is 38.4 Å². The summed E-state index contributed by atoms with van der Waals surface area (Å²) in [5.74, 6) is -4.05. The van der Waals surface area contributed by atoms with E-state index in [2.05, 4.69) is 5.32 Å². The molecule has 0 saturated heterocycles. The third kappa shape index (κ3) is 19.9. The Bertz CT molecular complexity index is 2650. The zero-order valence-electron chi connectivity index (χ0n) is 50.2. The van der Waals surface area contributed by atoms with Crippen molar-refractivity contribution in [2.45, 2.75) is 144 Å². The van der Waals surface area contributed by atoms with Crippen LogP contribution < -0.4 is 16.8 Å². The number of hydrogen-bond donors (Lipinski definition) is 3. The van der Waals surface area contributed by atoms with Gasteiger partial charge in [-0.1, -0.05) is 142 Å².